The lowest BCUT2D eigenvalue weighted by Gasteiger charge is -2.29. The van der Waals surface area contributed by atoms with Crippen molar-refractivity contribution in [1.82, 2.24) is 0 Å². The van der Waals surface area contributed by atoms with Gasteiger partial charge in [0.1, 0.15) is 17.3 Å². The van der Waals surface area contributed by atoms with E-state index < -0.39 is 5.97 Å². The highest BCUT2D eigenvalue weighted by atomic mass is 35.5. The first-order valence-electron chi connectivity index (χ1n) is 14.3. The number of carbonyl (C=O) groups excluding carboxylic acids is 2. The summed E-state index contributed by atoms with van der Waals surface area (Å²) >= 11 is 7.27. The molecule has 0 radical (unpaired) electrons. The molecule has 2 aliphatic carbocycles. The van der Waals surface area contributed by atoms with Gasteiger partial charge in [-0.2, -0.15) is 0 Å². The monoisotopic (exact) mass is 556 g/mol. The minimum atomic E-state index is -0.501. The van der Waals surface area contributed by atoms with Crippen LogP contribution in [-0.4, -0.2) is 17.9 Å². The molecule has 0 unspecified atom stereocenters. The van der Waals surface area contributed by atoms with E-state index in [4.69, 9.17) is 25.8 Å². The average Bonchev–Trinajstić information content (AvgIpc) is 2.97. The summed E-state index contributed by atoms with van der Waals surface area (Å²) in [6, 6.07) is 15.4. The lowest BCUT2D eigenvalue weighted by Crippen LogP contribution is -2.17. The largest absolute Gasteiger partial charge is 0.456 e. The van der Waals surface area contributed by atoms with E-state index >= 15 is 0 Å². The van der Waals surface area contributed by atoms with Gasteiger partial charge >= 0.3 is 5.97 Å². The third-order valence-corrected chi connectivity index (χ3v) is 8.65. The van der Waals surface area contributed by atoms with Crippen molar-refractivity contribution >= 4 is 23.4 Å². The Labute approximate surface area is 240 Å². The molecule has 1 fully saturated rings. The van der Waals surface area contributed by atoms with Gasteiger partial charge in [0.25, 0.3) is 0 Å². The highest BCUT2D eigenvalue weighted by molar-refractivity contribution is 6.35. The molecule has 0 aromatic heterocycles. The summed E-state index contributed by atoms with van der Waals surface area (Å²) in [6.45, 7) is 2.41. The summed E-state index contributed by atoms with van der Waals surface area (Å²) in [5.41, 5.74) is 5.67. The number of rotatable bonds is 6. The van der Waals surface area contributed by atoms with E-state index in [0.717, 1.165) is 52.2 Å². The van der Waals surface area contributed by atoms with Crippen molar-refractivity contribution < 1.29 is 23.8 Å². The first-order chi connectivity index (χ1) is 19.5. The molecule has 0 bridgehead atoms. The molecule has 0 spiro atoms. The minimum Gasteiger partial charge on any atom is -0.456 e. The highest BCUT2D eigenvalue weighted by Gasteiger charge is 2.30. The summed E-state index contributed by atoms with van der Waals surface area (Å²) in [5, 5.41) is 0.572. The number of hydrogen-bond donors (Lipinski definition) is 0. The molecule has 6 rings (SSSR count). The van der Waals surface area contributed by atoms with Crippen LogP contribution in [0.25, 0.3) is 11.1 Å². The SMILES string of the molecule is Cc1c(COC2CCCCC2)c(Cl)c(-c2ccccc2C(=O)OC2=CC(=O)CCC2)c2c1Oc1ccccc1C2. The number of ketones is 1. The van der Waals surface area contributed by atoms with E-state index in [9.17, 15) is 9.59 Å². The van der Waals surface area contributed by atoms with Crippen molar-refractivity contribution in [2.24, 2.45) is 0 Å². The normalized spacial score (nSPS) is 16.9. The fourth-order valence-corrected chi connectivity index (χ4v) is 6.47. The van der Waals surface area contributed by atoms with Crippen LogP contribution in [0.1, 0.15) is 84.0 Å². The van der Waals surface area contributed by atoms with Crippen molar-refractivity contribution in [3.8, 4) is 22.6 Å². The van der Waals surface area contributed by atoms with Crippen LogP contribution >= 0.6 is 11.6 Å². The van der Waals surface area contributed by atoms with Gasteiger partial charge in [-0.05, 0) is 55.0 Å². The Morgan fingerprint density at radius 1 is 1.00 bits per heavy atom. The number of fused-ring (bicyclic) bond motifs is 2. The first kappa shape index (κ1) is 26.8. The molecule has 3 aromatic carbocycles. The van der Waals surface area contributed by atoms with Crippen LogP contribution in [0, 0.1) is 6.92 Å². The lowest BCUT2D eigenvalue weighted by molar-refractivity contribution is -0.115. The molecule has 6 heteroatoms. The fourth-order valence-electron chi connectivity index (χ4n) is 6.06. The molecule has 0 atom stereocenters. The van der Waals surface area contributed by atoms with Crippen molar-refractivity contribution in [3.05, 3.63) is 93.2 Å². The van der Waals surface area contributed by atoms with Crippen LogP contribution in [-0.2, 0) is 27.3 Å². The lowest BCUT2D eigenvalue weighted by atomic mass is 9.86. The average molecular weight is 557 g/mol. The molecule has 3 aliphatic rings. The number of carbonyl (C=O) groups is 2. The smallest absolute Gasteiger partial charge is 0.343 e. The summed E-state index contributed by atoms with van der Waals surface area (Å²) in [7, 11) is 0. The van der Waals surface area contributed by atoms with Crippen LogP contribution in [0.4, 0.5) is 0 Å². The summed E-state index contributed by atoms with van der Waals surface area (Å²) < 4.78 is 18.6. The van der Waals surface area contributed by atoms with Crippen molar-refractivity contribution in [2.45, 2.75) is 77.4 Å². The van der Waals surface area contributed by atoms with Gasteiger partial charge in [0.15, 0.2) is 5.78 Å². The molecule has 206 valence electrons. The highest BCUT2D eigenvalue weighted by Crippen LogP contribution is 2.49. The van der Waals surface area contributed by atoms with Crippen LogP contribution in [0.3, 0.4) is 0 Å². The number of ether oxygens (including phenoxy) is 3. The predicted octanol–water partition coefficient (Wildman–Crippen LogP) is 8.65. The van der Waals surface area contributed by atoms with Crippen LogP contribution in [0.5, 0.6) is 11.5 Å². The maximum absolute atomic E-state index is 13.5. The summed E-state index contributed by atoms with van der Waals surface area (Å²) in [4.78, 5) is 25.4. The number of allylic oxidation sites excluding steroid dienone is 2. The Hall–Kier alpha value is -3.41. The molecule has 1 aliphatic heterocycles. The maximum atomic E-state index is 13.5. The zero-order valence-corrected chi connectivity index (χ0v) is 23.5. The van der Waals surface area contributed by atoms with Gasteiger partial charge in [-0.3, -0.25) is 4.79 Å². The summed E-state index contributed by atoms with van der Waals surface area (Å²) in [5.74, 6) is 1.48. The minimum absolute atomic E-state index is 0.0172. The van der Waals surface area contributed by atoms with Gasteiger partial charge in [0.2, 0.25) is 0 Å². The molecular formula is C34H33ClO5. The molecule has 1 saturated carbocycles. The Morgan fingerprint density at radius 2 is 1.77 bits per heavy atom. The third-order valence-electron chi connectivity index (χ3n) is 8.23. The van der Waals surface area contributed by atoms with E-state index in [1.807, 2.05) is 43.3 Å². The molecular weight excluding hydrogens is 524 g/mol. The second-order valence-corrected chi connectivity index (χ2v) is 11.3. The second kappa shape index (κ2) is 11.6. The van der Waals surface area contributed by atoms with Crippen LogP contribution in [0.2, 0.25) is 5.02 Å². The molecule has 0 saturated heterocycles. The Balaban J connectivity index is 1.44. The van der Waals surface area contributed by atoms with Gasteiger partial charge in [0, 0.05) is 42.0 Å². The standard InChI is InChI=1S/C34H33ClO5/c1-21-29(20-38-24-12-3-2-4-13-24)32(35)31(28-18-22-10-5-8-17-30(22)40-33(21)28)26-15-6-7-16-27(26)34(37)39-25-14-9-11-23(36)19-25/h5-8,10,15-17,19,24H,2-4,9,11-14,18,20H2,1H3. The van der Waals surface area contributed by atoms with Gasteiger partial charge < -0.3 is 14.2 Å². The van der Waals surface area contributed by atoms with E-state index in [2.05, 4.69) is 6.07 Å². The van der Waals surface area contributed by atoms with E-state index in [1.54, 1.807) is 6.07 Å². The van der Waals surface area contributed by atoms with Gasteiger partial charge in [-0.15, -0.1) is 0 Å². The number of para-hydroxylation sites is 1. The van der Waals surface area contributed by atoms with Crippen LogP contribution < -0.4 is 4.74 Å². The maximum Gasteiger partial charge on any atom is 0.343 e. The van der Waals surface area contributed by atoms with E-state index in [0.29, 0.717) is 54.2 Å². The molecule has 3 aromatic rings. The molecule has 1 heterocycles. The summed E-state index contributed by atoms with van der Waals surface area (Å²) in [6.07, 6.45) is 9.75. The second-order valence-electron chi connectivity index (χ2n) is 10.9. The van der Waals surface area contributed by atoms with Gasteiger partial charge in [0.05, 0.1) is 23.3 Å². The molecule has 0 amide bonds. The topological polar surface area (TPSA) is 61.8 Å². The molecule has 0 N–H and O–H groups in total. The predicted molar refractivity (Wildman–Crippen MR) is 155 cm³/mol. The third kappa shape index (κ3) is 5.33. The Bertz CT molecular complexity index is 1500. The van der Waals surface area contributed by atoms with E-state index in [-0.39, 0.29) is 11.9 Å². The van der Waals surface area contributed by atoms with Crippen molar-refractivity contribution in [1.29, 1.82) is 0 Å². The van der Waals surface area contributed by atoms with E-state index in [1.165, 1.54) is 25.3 Å². The van der Waals surface area contributed by atoms with Crippen molar-refractivity contribution in [2.75, 3.05) is 0 Å². The quantitative estimate of drug-likeness (QED) is 0.222. The zero-order chi connectivity index (χ0) is 27.6. The number of benzene rings is 3. The fraction of sp³-hybridized carbons (Fsp3) is 0.353. The molecule has 40 heavy (non-hydrogen) atoms. The van der Waals surface area contributed by atoms with Gasteiger partial charge in [-0.25, -0.2) is 4.79 Å². The Kier molecular flexibility index (Phi) is 7.77. The molecule has 5 nitrogen and oxygen atoms in total. The Morgan fingerprint density at radius 3 is 2.60 bits per heavy atom. The first-order valence-corrected chi connectivity index (χ1v) is 14.6. The number of hydrogen-bond acceptors (Lipinski definition) is 5. The zero-order valence-electron chi connectivity index (χ0n) is 22.8. The number of halogens is 1. The van der Waals surface area contributed by atoms with Crippen LogP contribution in [0.15, 0.2) is 60.4 Å². The van der Waals surface area contributed by atoms with Gasteiger partial charge in [-0.1, -0.05) is 67.3 Å². The number of esters is 1. The van der Waals surface area contributed by atoms with Crippen molar-refractivity contribution in [3.63, 3.8) is 0 Å².